The minimum Gasteiger partial charge on any atom is -0.360 e. The second-order valence-electron chi connectivity index (χ2n) is 3.35. The van der Waals surface area contributed by atoms with Crippen LogP contribution in [0.15, 0.2) is 24.4 Å². The predicted molar refractivity (Wildman–Crippen MR) is 61.6 cm³/mol. The first kappa shape index (κ1) is 10.2. The number of halogens is 1. The highest BCUT2D eigenvalue weighted by Crippen LogP contribution is 2.22. The molecule has 0 saturated carbocycles. The summed E-state index contributed by atoms with van der Waals surface area (Å²) < 4.78 is 0. The molecule has 78 valence electrons. The minimum absolute atomic E-state index is 0.0751. The van der Waals surface area contributed by atoms with E-state index in [-0.39, 0.29) is 5.78 Å². The normalized spacial score (nSPS) is 10.8. The van der Waals surface area contributed by atoms with Gasteiger partial charge in [0.05, 0.1) is 6.54 Å². The molecule has 0 unspecified atom stereocenters. The summed E-state index contributed by atoms with van der Waals surface area (Å²) in [6.07, 6.45) is 1.72. The molecule has 15 heavy (non-hydrogen) atoms. The molecule has 0 spiro atoms. The Labute approximate surface area is 92.4 Å². The van der Waals surface area contributed by atoms with E-state index in [0.29, 0.717) is 17.1 Å². The summed E-state index contributed by atoms with van der Waals surface area (Å²) in [6.45, 7) is 0.343. The summed E-state index contributed by atoms with van der Waals surface area (Å²) in [6, 6.07) is 5.46. The lowest BCUT2D eigenvalue weighted by atomic mass is 10.1. The van der Waals surface area contributed by atoms with E-state index in [9.17, 15) is 4.79 Å². The number of aromatic nitrogens is 1. The Bertz CT molecular complexity index is 504. The van der Waals surface area contributed by atoms with Crippen LogP contribution in [0.25, 0.3) is 10.9 Å². The van der Waals surface area contributed by atoms with Crippen molar-refractivity contribution in [2.75, 3.05) is 13.6 Å². The summed E-state index contributed by atoms with van der Waals surface area (Å²) in [5.41, 5.74) is 1.60. The van der Waals surface area contributed by atoms with Crippen LogP contribution in [-0.2, 0) is 0 Å². The Hall–Kier alpha value is -1.32. The third-order valence-electron chi connectivity index (χ3n) is 2.28. The van der Waals surface area contributed by atoms with Crippen LogP contribution in [0.5, 0.6) is 0 Å². The van der Waals surface area contributed by atoms with E-state index in [1.165, 1.54) is 0 Å². The number of ketones is 1. The molecular weight excluding hydrogens is 212 g/mol. The van der Waals surface area contributed by atoms with Crippen LogP contribution in [0.1, 0.15) is 10.4 Å². The molecule has 1 aromatic carbocycles. The summed E-state index contributed by atoms with van der Waals surface area (Å²) in [7, 11) is 1.75. The zero-order valence-corrected chi connectivity index (χ0v) is 9.06. The number of nitrogens with one attached hydrogen (secondary N) is 2. The van der Waals surface area contributed by atoms with Gasteiger partial charge in [-0.3, -0.25) is 4.79 Å². The van der Waals surface area contributed by atoms with E-state index in [0.717, 1.165) is 10.9 Å². The van der Waals surface area contributed by atoms with Crippen molar-refractivity contribution in [1.29, 1.82) is 0 Å². The fraction of sp³-hybridized carbons (Fsp3) is 0.182. The Morgan fingerprint density at radius 1 is 1.53 bits per heavy atom. The maximum Gasteiger partial charge on any atom is 0.178 e. The molecule has 1 heterocycles. The molecular formula is C11H11ClN2O. The van der Waals surface area contributed by atoms with Crippen LogP contribution in [-0.4, -0.2) is 24.4 Å². The van der Waals surface area contributed by atoms with Crippen molar-refractivity contribution in [3.05, 3.63) is 35.0 Å². The van der Waals surface area contributed by atoms with Gasteiger partial charge in [0, 0.05) is 27.7 Å². The molecule has 0 saturated heterocycles. The Balaban J connectivity index is 2.49. The highest BCUT2D eigenvalue weighted by Gasteiger charge is 2.10. The smallest absolute Gasteiger partial charge is 0.178 e. The molecule has 1 aromatic heterocycles. The van der Waals surface area contributed by atoms with Gasteiger partial charge in [-0.1, -0.05) is 17.7 Å². The lowest BCUT2D eigenvalue weighted by Crippen LogP contribution is -2.18. The lowest BCUT2D eigenvalue weighted by Gasteiger charge is -1.97. The highest BCUT2D eigenvalue weighted by molar-refractivity contribution is 6.31. The second-order valence-corrected chi connectivity index (χ2v) is 3.78. The fourth-order valence-corrected chi connectivity index (χ4v) is 1.76. The van der Waals surface area contributed by atoms with Gasteiger partial charge in [-0.15, -0.1) is 0 Å². The quantitative estimate of drug-likeness (QED) is 0.783. The molecule has 2 rings (SSSR count). The molecule has 0 fully saturated rings. The lowest BCUT2D eigenvalue weighted by molar-refractivity contribution is 0.0995. The van der Waals surface area contributed by atoms with Gasteiger partial charge in [-0.05, 0) is 19.2 Å². The average molecular weight is 223 g/mol. The van der Waals surface area contributed by atoms with Gasteiger partial charge in [0.15, 0.2) is 5.78 Å². The largest absolute Gasteiger partial charge is 0.360 e. The summed E-state index contributed by atoms with van der Waals surface area (Å²) in [4.78, 5) is 14.7. The molecule has 0 aliphatic heterocycles. The number of Topliss-reactive ketones (excluding diaryl/α,β-unsaturated/α-hetero) is 1. The Kier molecular flexibility index (Phi) is 2.75. The van der Waals surface area contributed by atoms with E-state index in [2.05, 4.69) is 10.3 Å². The molecule has 2 aromatic rings. The monoisotopic (exact) mass is 222 g/mol. The standard InChI is InChI=1S/C11H11ClN2O/c1-13-6-11(15)9-5-14-10-4-7(12)2-3-8(9)10/h2-5,13-14H,6H2,1H3. The fourth-order valence-electron chi connectivity index (χ4n) is 1.58. The van der Waals surface area contributed by atoms with Crippen LogP contribution in [0.4, 0.5) is 0 Å². The van der Waals surface area contributed by atoms with Crippen molar-refractivity contribution >= 4 is 28.3 Å². The van der Waals surface area contributed by atoms with Crippen LogP contribution >= 0.6 is 11.6 Å². The zero-order valence-electron chi connectivity index (χ0n) is 8.30. The van der Waals surface area contributed by atoms with Crippen molar-refractivity contribution < 1.29 is 4.79 Å². The van der Waals surface area contributed by atoms with E-state index in [4.69, 9.17) is 11.6 Å². The van der Waals surface area contributed by atoms with Crippen molar-refractivity contribution in [3.8, 4) is 0 Å². The van der Waals surface area contributed by atoms with Crippen LogP contribution in [0.3, 0.4) is 0 Å². The predicted octanol–water partition coefficient (Wildman–Crippen LogP) is 2.22. The van der Waals surface area contributed by atoms with Gasteiger partial charge in [0.25, 0.3) is 0 Å². The summed E-state index contributed by atoms with van der Waals surface area (Å²) >= 11 is 5.85. The molecule has 4 heteroatoms. The van der Waals surface area contributed by atoms with E-state index >= 15 is 0 Å². The average Bonchev–Trinajstić information content (AvgIpc) is 2.60. The number of rotatable bonds is 3. The van der Waals surface area contributed by atoms with Crippen molar-refractivity contribution in [2.45, 2.75) is 0 Å². The second kappa shape index (κ2) is 4.04. The van der Waals surface area contributed by atoms with Gasteiger partial charge in [0.2, 0.25) is 0 Å². The van der Waals surface area contributed by atoms with E-state index < -0.39 is 0 Å². The number of carbonyl (C=O) groups is 1. The molecule has 0 atom stereocenters. The molecule has 2 N–H and O–H groups in total. The number of H-pyrrole nitrogens is 1. The molecule has 0 radical (unpaired) electrons. The Morgan fingerprint density at radius 3 is 3.07 bits per heavy atom. The summed E-state index contributed by atoms with van der Waals surface area (Å²) in [5.74, 6) is 0.0751. The van der Waals surface area contributed by atoms with Gasteiger partial charge >= 0.3 is 0 Å². The van der Waals surface area contributed by atoms with Gasteiger partial charge in [-0.25, -0.2) is 0 Å². The van der Waals surface area contributed by atoms with Gasteiger partial charge < -0.3 is 10.3 Å². The number of benzene rings is 1. The molecule has 3 nitrogen and oxygen atoms in total. The maximum absolute atomic E-state index is 11.7. The maximum atomic E-state index is 11.7. The van der Waals surface area contributed by atoms with Crippen LogP contribution in [0.2, 0.25) is 5.02 Å². The topological polar surface area (TPSA) is 44.9 Å². The van der Waals surface area contributed by atoms with Gasteiger partial charge in [0.1, 0.15) is 0 Å². The third kappa shape index (κ3) is 1.89. The SMILES string of the molecule is CNCC(=O)c1c[nH]c2cc(Cl)ccc12. The van der Waals surface area contributed by atoms with Crippen molar-refractivity contribution in [3.63, 3.8) is 0 Å². The molecule has 0 aliphatic rings. The number of hydrogen-bond acceptors (Lipinski definition) is 2. The first-order valence-corrected chi connectivity index (χ1v) is 5.04. The molecule has 0 aliphatic carbocycles. The highest BCUT2D eigenvalue weighted by atomic mass is 35.5. The zero-order chi connectivity index (χ0) is 10.8. The number of aromatic amines is 1. The Morgan fingerprint density at radius 2 is 2.33 bits per heavy atom. The van der Waals surface area contributed by atoms with E-state index in [1.54, 1.807) is 19.3 Å². The summed E-state index contributed by atoms with van der Waals surface area (Å²) in [5, 5.41) is 4.42. The number of likely N-dealkylation sites (N-methyl/N-ethyl adjacent to an activating group) is 1. The van der Waals surface area contributed by atoms with Crippen LogP contribution < -0.4 is 5.32 Å². The van der Waals surface area contributed by atoms with Gasteiger partial charge in [-0.2, -0.15) is 0 Å². The number of hydrogen-bond donors (Lipinski definition) is 2. The molecule has 0 amide bonds. The van der Waals surface area contributed by atoms with Crippen molar-refractivity contribution in [2.24, 2.45) is 0 Å². The first-order valence-electron chi connectivity index (χ1n) is 4.67. The number of fused-ring (bicyclic) bond motifs is 1. The van der Waals surface area contributed by atoms with E-state index in [1.807, 2.05) is 12.1 Å². The third-order valence-corrected chi connectivity index (χ3v) is 2.52. The number of carbonyl (C=O) groups excluding carboxylic acids is 1. The van der Waals surface area contributed by atoms with Crippen molar-refractivity contribution in [1.82, 2.24) is 10.3 Å². The first-order chi connectivity index (χ1) is 7.22. The molecule has 0 bridgehead atoms. The minimum atomic E-state index is 0.0751. The van der Waals surface area contributed by atoms with Crippen LogP contribution in [0, 0.1) is 0 Å².